The van der Waals surface area contributed by atoms with Gasteiger partial charge in [-0.3, -0.25) is 4.79 Å². The first-order chi connectivity index (χ1) is 6.18. The Morgan fingerprint density at radius 2 is 2.07 bits per heavy atom. The fourth-order valence-corrected chi connectivity index (χ4v) is 1.99. The fourth-order valence-electron chi connectivity index (χ4n) is 1.99. The molecule has 1 fully saturated rings. The van der Waals surface area contributed by atoms with Crippen molar-refractivity contribution in [3.05, 3.63) is 0 Å². The second-order valence-corrected chi connectivity index (χ2v) is 4.00. The van der Waals surface area contributed by atoms with Gasteiger partial charge in [-0.1, -0.05) is 19.3 Å². The van der Waals surface area contributed by atoms with Crippen molar-refractivity contribution in [2.75, 3.05) is 0 Å². The van der Waals surface area contributed by atoms with Gasteiger partial charge in [-0.25, -0.2) is 0 Å². The molecule has 2 N–H and O–H groups in total. The molecule has 14 heavy (non-hydrogen) atoms. The number of rotatable bonds is 4. The van der Waals surface area contributed by atoms with Crippen LogP contribution in [0.3, 0.4) is 0 Å². The van der Waals surface area contributed by atoms with Crippen LogP contribution >= 0.6 is 0 Å². The largest absolute Gasteiger partial charge is 1.00 e. The smallest absolute Gasteiger partial charge is 1.00 e. The summed E-state index contributed by atoms with van der Waals surface area (Å²) in [5.41, 5.74) is 0. The van der Waals surface area contributed by atoms with Gasteiger partial charge < -0.3 is 11.8 Å². The zero-order valence-electron chi connectivity index (χ0n) is 10.3. The molecule has 0 aromatic heterocycles. The SMILES string of the molecule is CC(CC(=O)O)NC1CCCCC1.[H-].[Na+]. The zero-order chi connectivity index (χ0) is 9.68. The van der Waals surface area contributed by atoms with Crippen molar-refractivity contribution in [3.8, 4) is 0 Å². The number of carbonyl (C=O) groups is 1. The molecule has 78 valence electrons. The molecule has 0 aliphatic heterocycles. The number of hydrogen-bond acceptors (Lipinski definition) is 2. The molecule has 3 nitrogen and oxygen atoms in total. The zero-order valence-corrected chi connectivity index (χ0v) is 11.3. The van der Waals surface area contributed by atoms with Crippen LogP contribution in [0, 0.1) is 0 Å². The first kappa shape index (κ1) is 14.4. The van der Waals surface area contributed by atoms with E-state index >= 15 is 0 Å². The molecule has 1 rings (SSSR count). The topological polar surface area (TPSA) is 49.3 Å². The standard InChI is InChI=1S/C10H19NO2.Na.H/c1-8(7-10(12)13)11-9-5-3-2-4-6-9;;/h8-9,11H,2-7H2,1H3,(H,12,13);;/q;+1;-1. The summed E-state index contributed by atoms with van der Waals surface area (Å²) < 4.78 is 0. The maximum Gasteiger partial charge on any atom is 1.00 e. The third-order valence-electron chi connectivity index (χ3n) is 2.61. The van der Waals surface area contributed by atoms with E-state index in [-0.39, 0.29) is 43.4 Å². The molecule has 0 aromatic carbocycles. The van der Waals surface area contributed by atoms with Crippen molar-refractivity contribution in [2.24, 2.45) is 0 Å². The Morgan fingerprint density at radius 1 is 1.50 bits per heavy atom. The van der Waals surface area contributed by atoms with Gasteiger partial charge in [0.1, 0.15) is 0 Å². The molecule has 1 aliphatic rings. The van der Waals surface area contributed by atoms with Crippen LogP contribution in [0.4, 0.5) is 0 Å². The van der Waals surface area contributed by atoms with Gasteiger partial charge in [0, 0.05) is 12.1 Å². The van der Waals surface area contributed by atoms with Crippen LogP contribution in [0.15, 0.2) is 0 Å². The van der Waals surface area contributed by atoms with Crippen LogP contribution in [0.1, 0.15) is 46.9 Å². The summed E-state index contributed by atoms with van der Waals surface area (Å²) in [5, 5.41) is 11.9. The van der Waals surface area contributed by atoms with Crippen LogP contribution in [0.5, 0.6) is 0 Å². The summed E-state index contributed by atoms with van der Waals surface area (Å²) in [4.78, 5) is 10.4. The summed E-state index contributed by atoms with van der Waals surface area (Å²) in [7, 11) is 0. The Kier molecular flexibility index (Phi) is 7.92. The first-order valence-electron chi connectivity index (χ1n) is 5.16. The van der Waals surface area contributed by atoms with Crippen molar-refractivity contribution in [3.63, 3.8) is 0 Å². The molecule has 0 heterocycles. The minimum absolute atomic E-state index is 0. The molecular formula is C10H20NNaO2. The van der Waals surface area contributed by atoms with Crippen molar-refractivity contribution in [1.29, 1.82) is 0 Å². The number of carboxylic acids is 1. The van der Waals surface area contributed by atoms with E-state index < -0.39 is 5.97 Å². The molecule has 1 atom stereocenters. The Labute approximate surface area is 109 Å². The second kappa shape index (κ2) is 7.69. The van der Waals surface area contributed by atoms with E-state index in [1.165, 1.54) is 32.1 Å². The van der Waals surface area contributed by atoms with Gasteiger partial charge in [0.05, 0.1) is 6.42 Å². The van der Waals surface area contributed by atoms with Gasteiger partial charge in [-0.15, -0.1) is 0 Å². The minimum atomic E-state index is -0.712. The third-order valence-corrected chi connectivity index (χ3v) is 2.61. The molecule has 0 amide bonds. The van der Waals surface area contributed by atoms with Crippen molar-refractivity contribution in [2.45, 2.75) is 57.5 Å². The van der Waals surface area contributed by atoms with E-state index in [4.69, 9.17) is 5.11 Å². The average Bonchev–Trinajstić information content (AvgIpc) is 2.04. The molecule has 0 aromatic rings. The molecule has 0 radical (unpaired) electrons. The summed E-state index contributed by atoms with van der Waals surface area (Å²) in [6.45, 7) is 1.95. The van der Waals surface area contributed by atoms with Gasteiger partial charge in [0.2, 0.25) is 0 Å². The van der Waals surface area contributed by atoms with Gasteiger partial charge >= 0.3 is 35.5 Å². The van der Waals surface area contributed by atoms with E-state index in [1.807, 2.05) is 6.92 Å². The molecule has 1 aliphatic carbocycles. The van der Waals surface area contributed by atoms with Gasteiger partial charge in [-0.2, -0.15) is 0 Å². The van der Waals surface area contributed by atoms with Crippen LogP contribution in [0.25, 0.3) is 0 Å². The van der Waals surface area contributed by atoms with Crippen molar-refractivity contribution < 1.29 is 40.9 Å². The van der Waals surface area contributed by atoms with Crippen LogP contribution < -0.4 is 34.9 Å². The van der Waals surface area contributed by atoms with E-state index in [0.29, 0.717) is 6.04 Å². The molecule has 4 heteroatoms. The predicted molar refractivity (Wildman–Crippen MR) is 52.8 cm³/mol. The molecule has 0 spiro atoms. The first-order valence-corrected chi connectivity index (χ1v) is 5.16. The van der Waals surface area contributed by atoms with E-state index in [0.717, 1.165) is 0 Å². The quantitative estimate of drug-likeness (QED) is 0.577. The summed E-state index contributed by atoms with van der Waals surface area (Å²) >= 11 is 0. The van der Waals surface area contributed by atoms with E-state index in [1.54, 1.807) is 0 Å². The van der Waals surface area contributed by atoms with E-state index in [9.17, 15) is 4.79 Å². The average molecular weight is 209 g/mol. The van der Waals surface area contributed by atoms with Gasteiger partial charge in [0.25, 0.3) is 0 Å². The van der Waals surface area contributed by atoms with Crippen LogP contribution in [0.2, 0.25) is 0 Å². The molecule has 0 bridgehead atoms. The van der Waals surface area contributed by atoms with Crippen molar-refractivity contribution >= 4 is 5.97 Å². The molecule has 1 saturated carbocycles. The number of carboxylic acid groups (broad SMARTS) is 1. The minimum Gasteiger partial charge on any atom is -1.00 e. The van der Waals surface area contributed by atoms with Gasteiger partial charge in [0.15, 0.2) is 0 Å². The summed E-state index contributed by atoms with van der Waals surface area (Å²) in [6, 6.07) is 0.670. The Bertz CT molecular complexity index is 175. The number of nitrogens with one attached hydrogen (secondary N) is 1. The van der Waals surface area contributed by atoms with Crippen molar-refractivity contribution in [1.82, 2.24) is 5.32 Å². The van der Waals surface area contributed by atoms with Gasteiger partial charge in [-0.05, 0) is 19.8 Å². The third kappa shape index (κ3) is 6.02. The Hall–Kier alpha value is 0.430. The summed E-state index contributed by atoms with van der Waals surface area (Å²) in [6.07, 6.45) is 6.57. The second-order valence-electron chi connectivity index (χ2n) is 4.00. The molecule has 1 unspecified atom stereocenters. The summed E-state index contributed by atoms with van der Waals surface area (Å²) in [5.74, 6) is -0.712. The molecular weight excluding hydrogens is 189 g/mol. The van der Waals surface area contributed by atoms with Crippen LogP contribution in [-0.2, 0) is 4.79 Å². The van der Waals surface area contributed by atoms with E-state index in [2.05, 4.69) is 5.32 Å². The van der Waals surface area contributed by atoms with Crippen LogP contribution in [-0.4, -0.2) is 23.2 Å². The Balaban J connectivity index is 0. The number of hydrogen-bond donors (Lipinski definition) is 2. The number of aliphatic carboxylic acids is 1. The fraction of sp³-hybridized carbons (Fsp3) is 0.900. The normalized spacial score (nSPS) is 19.8. The Morgan fingerprint density at radius 3 is 2.57 bits per heavy atom. The monoisotopic (exact) mass is 209 g/mol. The maximum absolute atomic E-state index is 10.4. The maximum atomic E-state index is 10.4. The predicted octanol–water partition coefficient (Wildman–Crippen LogP) is -1.11. The molecule has 0 saturated heterocycles.